The van der Waals surface area contributed by atoms with Crippen LogP contribution in [0, 0.1) is 5.82 Å². The standard InChI is InChI=1S/C20H25F4NO2/c1-4-6-7-8-15(25)12-19(27,20(22,23)24)13-18(3,5-2)16-11-14(21)9-10-17(16)26/h4,6-11,26-27H,1,5,12-13,25H2,2-3H3/b7-6+,15-8-. The molecule has 0 radical (unpaired) electrons. The largest absolute Gasteiger partial charge is 0.508 e. The normalized spacial score (nSPS) is 17.5. The Morgan fingerprint density at radius 2 is 1.89 bits per heavy atom. The van der Waals surface area contributed by atoms with E-state index in [1.54, 1.807) is 6.92 Å². The predicted octanol–water partition coefficient (Wildman–Crippen LogP) is 4.86. The Bertz CT molecular complexity index is 727. The summed E-state index contributed by atoms with van der Waals surface area (Å²) in [5, 5.41) is 20.5. The van der Waals surface area contributed by atoms with Gasteiger partial charge in [0.2, 0.25) is 0 Å². The lowest BCUT2D eigenvalue weighted by Crippen LogP contribution is -2.50. The van der Waals surface area contributed by atoms with Crippen LogP contribution in [0.2, 0.25) is 0 Å². The van der Waals surface area contributed by atoms with E-state index in [1.807, 2.05) is 0 Å². The molecule has 0 saturated heterocycles. The van der Waals surface area contributed by atoms with Crippen LogP contribution >= 0.6 is 0 Å². The van der Waals surface area contributed by atoms with E-state index in [4.69, 9.17) is 5.73 Å². The number of phenolic OH excluding ortho intramolecular Hbond substituents is 1. The molecule has 2 atom stereocenters. The molecule has 2 unspecified atom stereocenters. The van der Waals surface area contributed by atoms with Gasteiger partial charge >= 0.3 is 6.18 Å². The number of hydrogen-bond donors (Lipinski definition) is 3. The number of benzene rings is 1. The lowest BCUT2D eigenvalue weighted by Gasteiger charge is -2.40. The van der Waals surface area contributed by atoms with Crippen LogP contribution in [0.1, 0.15) is 38.7 Å². The Kier molecular flexibility index (Phi) is 7.25. The molecule has 1 rings (SSSR count). The Labute approximate surface area is 156 Å². The first-order chi connectivity index (χ1) is 12.4. The molecular formula is C20H25F4NO2. The molecule has 0 aliphatic heterocycles. The highest BCUT2D eigenvalue weighted by Crippen LogP contribution is 2.47. The molecule has 150 valence electrons. The van der Waals surface area contributed by atoms with E-state index in [9.17, 15) is 27.8 Å². The number of aromatic hydroxyl groups is 1. The topological polar surface area (TPSA) is 66.5 Å². The maximum absolute atomic E-state index is 13.7. The van der Waals surface area contributed by atoms with Crippen molar-refractivity contribution in [1.82, 2.24) is 0 Å². The van der Waals surface area contributed by atoms with Gasteiger partial charge in [-0.2, -0.15) is 13.2 Å². The highest BCUT2D eigenvalue weighted by atomic mass is 19.4. The Morgan fingerprint density at radius 1 is 1.26 bits per heavy atom. The van der Waals surface area contributed by atoms with Crippen molar-refractivity contribution < 1.29 is 27.8 Å². The van der Waals surface area contributed by atoms with Crippen molar-refractivity contribution in [2.24, 2.45) is 5.73 Å². The number of halogens is 4. The van der Waals surface area contributed by atoms with Gasteiger partial charge in [0.05, 0.1) is 0 Å². The molecular weight excluding hydrogens is 362 g/mol. The number of nitrogens with two attached hydrogens (primary N) is 1. The first-order valence-corrected chi connectivity index (χ1v) is 8.40. The molecule has 0 saturated carbocycles. The van der Waals surface area contributed by atoms with E-state index in [0.29, 0.717) is 0 Å². The zero-order valence-electron chi connectivity index (χ0n) is 15.4. The summed E-state index contributed by atoms with van der Waals surface area (Å²) in [4.78, 5) is 0. The fraction of sp³-hybridized carbons (Fsp3) is 0.400. The van der Waals surface area contributed by atoms with Crippen molar-refractivity contribution in [2.75, 3.05) is 0 Å². The zero-order valence-corrected chi connectivity index (χ0v) is 15.4. The fourth-order valence-electron chi connectivity index (χ4n) is 2.97. The van der Waals surface area contributed by atoms with Gasteiger partial charge in [0, 0.05) is 17.7 Å². The summed E-state index contributed by atoms with van der Waals surface area (Å²) in [6.45, 7) is 6.48. The quantitative estimate of drug-likeness (QED) is 0.441. The molecule has 7 heteroatoms. The Hall–Kier alpha value is -2.28. The van der Waals surface area contributed by atoms with E-state index in [1.165, 1.54) is 31.2 Å². The fourth-order valence-corrected chi connectivity index (χ4v) is 2.97. The van der Waals surface area contributed by atoms with Gasteiger partial charge in [0.25, 0.3) is 0 Å². The summed E-state index contributed by atoms with van der Waals surface area (Å²) >= 11 is 0. The van der Waals surface area contributed by atoms with E-state index in [0.717, 1.165) is 18.2 Å². The highest BCUT2D eigenvalue weighted by Gasteiger charge is 2.56. The van der Waals surface area contributed by atoms with Gasteiger partial charge in [-0.05, 0) is 42.5 Å². The van der Waals surface area contributed by atoms with Crippen LogP contribution in [0.25, 0.3) is 0 Å². The van der Waals surface area contributed by atoms with Crippen molar-refractivity contribution in [1.29, 1.82) is 0 Å². The molecule has 0 aliphatic carbocycles. The molecule has 0 bridgehead atoms. The maximum Gasteiger partial charge on any atom is 0.417 e. The number of aliphatic hydroxyl groups is 1. The molecule has 27 heavy (non-hydrogen) atoms. The third-order valence-electron chi connectivity index (χ3n) is 4.65. The summed E-state index contributed by atoms with van der Waals surface area (Å²) in [7, 11) is 0. The van der Waals surface area contributed by atoms with E-state index >= 15 is 0 Å². The number of rotatable bonds is 8. The molecule has 4 N–H and O–H groups in total. The number of allylic oxidation sites excluding steroid dienone is 4. The van der Waals surface area contributed by atoms with Crippen LogP contribution in [0.4, 0.5) is 17.6 Å². The van der Waals surface area contributed by atoms with Crippen LogP contribution < -0.4 is 5.73 Å². The average molecular weight is 387 g/mol. The molecule has 0 aromatic heterocycles. The first-order valence-electron chi connectivity index (χ1n) is 8.40. The zero-order chi connectivity index (χ0) is 20.9. The van der Waals surface area contributed by atoms with Gasteiger partial charge in [0.1, 0.15) is 11.6 Å². The van der Waals surface area contributed by atoms with Crippen molar-refractivity contribution >= 4 is 0 Å². The van der Waals surface area contributed by atoms with Gasteiger partial charge in [-0.15, -0.1) is 0 Å². The van der Waals surface area contributed by atoms with Crippen LogP contribution in [-0.4, -0.2) is 22.0 Å². The second-order valence-corrected chi connectivity index (χ2v) is 6.82. The van der Waals surface area contributed by atoms with Gasteiger partial charge in [-0.3, -0.25) is 0 Å². The van der Waals surface area contributed by atoms with Gasteiger partial charge in [-0.25, -0.2) is 4.39 Å². The molecule has 0 amide bonds. The van der Waals surface area contributed by atoms with Gasteiger partial charge in [0.15, 0.2) is 5.60 Å². The van der Waals surface area contributed by atoms with Crippen molar-refractivity contribution in [3.8, 4) is 5.75 Å². The predicted molar refractivity (Wildman–Crippen MR) is 97.6 cm³/mol. The summed E-state index contributed by atoms with van der Waals surface area (Å²) in [6.07, 6.45) is -0.922. The second-order valence-electron chi connectivity index (χ2n) is 6.82. The smallest absolute Gasteiger partial charge is 0.417 e. The lowest BCUT2D eigenvalue weighted by atomic mass is 9.70. The van der Waals surface area contributed by atoms with E-state index < -0.39 is 35.9 Å². The van der Waals surface area contributed by atoms with Gasteiger partial charge < -0.3 is 15.9 Å². The molecule has 0 heterocycles. The van der Waals surface area contributed by atoms with Crippen LogP contribution in [0.5, 0.6) is 5.75 Å². The molecule has 1 aromatic rings. The molecule has 3 nitrogen and oxygen atoms in total. The summed E-state index contributed by atoms with van der Waals surface area (Å²) in [6, 6.07) is 3.08. The minimum Gasteiger partial charge on any atom is -0.508 e. The minimum atomic E-state index is -4.98. The monoisotopic (exact) mass is 387 g/mol. The van der Waals surface area contributed by atoms with Crippen LogP contribution in [0.15, 0.2) is 54.8 Å². The SMILES string of the molecule is C=C/C=C/C=C(\N)CC(O)(CC(C)(CC)c1cc(F)ccc1O)C(F)(F)F. The maximum atomic E-state index is 13.7. The highest BCUT2D eigenvalue weighted by molar-refractivity contribution is 5.39. The Balaban J connectivity index is 3.34. The molecule has 1 aromatic carbocycles. The summed E-state index contributed by atoms with van der Waals surface area (Å²) in [5.41, 5.74) is 0.993. The first kappa shape index (κ1) is 22.8. The third kappa shape index (κ3) is 5.60. The van der Waals surface area contributed by atoms with Gasteiger partial charge in [-0.1, -0.05) is 38.7 Å². The number of phenols is 1. The van der Waals surface area contributed by atoms with Crippen molar-refractivity contribution in [3.63, 3.8) is 0 Å². The Morgan fingerprint density at radius 3 is 2.41 bits per heavy atom. The van der Waals surface area contributed by atoms with Crippen LogP contribution in [-0.2, 0) is 5.41 Å². The molecule has 0 aliphatic rings. The lowest BCUT2D eigenvalue weighted by molar-refractivity contribution is -0.266. The minimum absolute atomic E-state index is 0.00165. The van der Waals surface area contributed by atoms with E-state index in [-0.39, 0.29) is 23.4 Å². The number of hydrogen-bond acceptors (Lipinski definition) is 3. The molecule has 0 spiro atoms. The second kappa shape index (κ2) is 8.61. The summed E-state index contributed by atoms with van der Waals surface area (Å²) < 4.78 is 54.8. The summed E-state index contributed by atoms with van der Waals surface area (Å²) in [5.74, 6) is -1.02. The van der Waals surface area contributed by atoms with Crippen molar-refractivity contribution in [2.45, 2.75) is 50.3 Å². The average Bonchev–Trinajstić information content (AvgIpc) is 2.56. The molecule has 0 fully saturated rings. The van der Waals surface area contributed by atoms with Crippen molar-refractivity contribution in [3.05, 3.63) is 66.2 Å². The number of alkyl halides is 3. The van der Waals surface area contributed by atoms with Crippen LogP contribution in [0.3, 0.4) is 0 Å². The third-order valence-corrected chi connectivity index (χ3v) is 4.65. The van der Waals surface area contributed by atoms with E-state index in [2.05, 4.69) is 6.58 Å².